The summed E-state index contributed by atoms with van der Waals surface area (Å²) >= 11 is 0. The van der Waals surface area contributed by atoms with Gasteiger partial charge in [-0.3, -0.25) is 4.79 Å². The molecule has 100 valence electrons. The number of hydrogen-bond donors (Lipinski definition) is 3. The molecular weight excluding hydrogens is 234 g/mol. The molecule has 0 aliphatic rings. The smallest absolute Gasteiger partial charge is 0.306 e. The van der Waals surface area contributed by atoms with Crippen molar-refractivity contribution < 1.29 is 19.7 Å². The van der Waals surface area contributed by atoms with E-state index in [2.05, 4.69) is 0 Å². The lowest BCUT2D eigenvalue weighted by Crippen LogP contribution is -2.18. The van der Waals surface area contributed by atoms with Crippen LogP contribution in [-0.2, 0) is 11.2 Å². The fourth-order valence-corrected chi connectivity index (χ4v) is 1.69. The molecule has 0 aromatic heterocycles. The zero-order valence-corrected chi connectivity index (χ0v) is 10.6. The van der Waals surface area contributed by atoms with Crippen molar-refractivity contribution in [1.29, 1.82) is 0 Å². The lowest BCUT2D eigenvalue weighted by molar-refractivity contribution is -0.137. The maximum Gasteiger partial charge on any atom is 0.306 e. The van der Waals surface area contributed by atoms with Gasteiger partial charge in [0, 0.05) is 12.1 Å². The summed E-state index contributed by atoms with van der Waals surface area (Å²) in [6, 6.07) is 3.24. The number of nitrogens with two attached hydrogens (primary N) is 1. The van der Waals surface area contributed by atoms with Crippen molar-refractivity contribution in [2.75, 3.05) is 6.61 Å². The van der Waals surface area contributed by atoms with E-state index in [-0.39, 0.29) is 24.8 Å². The van der Waals surface area contributed by atoms with Crippen molar-refractivity contribution in [2.45, 2.75) is 32.7 Å². The number of rotatable bonds is 6. The van der Waals surface area contributed by atoms with Crippen LogP contribution in [0.5, 0.6) is 11.5 Å². The van der Waals surface area contributed by atoms with Crippen molar-refractivity contribution in [2.24, 2.45) is 5.73 Å². The minimum Gasteiger partial charge on any atom is -0.508 e. The maximum atomic E-state index is 10.4. The van der Waals surface area contributed by atoms with Gasteiger partial charge in [0.25, 0.3) is 0 Å². The van der Waals surface area contributed by atoms with Crippen LogP contribution in [0, 0.1) is 6.92 Å². The average Bonchev–Trinajstić information content (AvgIpc) is 2.22. The Morgan fingerprint density at radius 3 is 2.67 bits per heavy atom. The molecule has 18 heavy (non-hydrogen) atoms. The molecule has 0 bridgehead atoms. The molecule has 0 amide bonds. The number of ether oxygens (including phenoxy) is 1. The maximum absolute atomic E-state index is 10.4. The van der Waals surface area contributed by atoms with E-state index in [0.717, 1.165) is 11.1 Å². The highest BCUT2D eigenvalue weighted by atomic mass is 16.5. The Balaban J connectivity index is 2.76. The molecule has 0 heterocycles. The number of aromatic hydroxyl groups is 1. The molecule has 4 N–H and O–H groups in total. The molecule has 1 aromatic carbocycles. The molecule has 1 rings (SSSR count). The fourth-order valence-electron chi connectivity index (χ4n) is 1.69. The van der Waals surface area contributed by atoms with Gasteiger partial charge in [0.05, 0.1) is 13.0 Å². The second kappa shape index (κ2) is 6.26. The molecule has 0 radical (unpaired) electrons. The number of aliphatic carboxylic acids is 1. The molecule has 0 saturated heterocycles. The second-order valence-corrected chi connectivity index (χ2v) is 4.41. The first-order chi connectivity index (χ1) is 8.40. The zero-order chi connectivity index (χ0) is 13.7. The van der Waals surface area contributed by atoms with E-state index in [9.17, 15) is 9.90 Å². The number of carbonyl (C=O) groups is 1. The predicted molar refractivity (Wildman–Crippen MR) is 67.9 cm³/mol. The molecule has 0 fully saturated rings. The van der Waals surface area contributed by atoms with E-state index < -0.39 is 5.97 Å². The number of hydrogen-bond acceptors (Lipinski definition) is 4. The van der Waals surface area contributed by atoms with Gasteiger partial charge >= 0.3 is 5.97 Å². The Labute approximate surface area is 106 Å². The van der Waals surface area contributed by atoms with Crippen molar-refractivity contribution in [1.82, 2.24) is 0 Å². The van der Waals surface area contributed by atoms with Crippen LogP contribution < -0.4 is 10.5 Å². The lowest BCUT2D eigenvalue weighted by atomic mass is 10.0. The van der Waals surface area contributed by atoms with Crippen LogP contribution in [0.2, 0.25) is 0 Å². The van der Waals surface area contributed by atoms with Gasteiger partial charge in [-0.1, -0.05) is 0 Å². The fraction of sp³-hybridized carbons (Fsp3) is 0.462. The van der Waals surface area contributed by atoms with Crippen LogP contribution in [-0.4, -0.2) is 28.8 Å². The summed E-state index contributed by atoms with van der Waals surface area (Å²) in [4.78, 5) is 10.4. The number of aryl methyl sites for hydroxylation is 1. The van der Waals surface area contributed by atoms with Gasteiger partial charge in [-0.15, -0.1) is 0 Å². The molecule has 0 aliphatic heterocycles. The number of benzene rings is 1. The standard InChI is InChI=1S/C13H19NO4/c1-8-5-10(18-4-3-13(16)17)7-12(15)11(8)6-9(2)14/h5,7,9,15H,3-4,6,14H2,1-2H3,(H,16,17). The lowest BCUT2D eigenvalue weighted by Gasteiger charge is -2.13. The minimum atomic E-state index is -0.912. The Morgan fingerprint density at radius 2 is 2.17 bits per heavy atom. The Morgan fingerprint density at radius 1 is 1.50 bits per heavy atom. The molecule has 1 atom stereocenters. The first-order valence-electron chi connectivity index (χ1n) is 5.82. The molecule has 0 aliphatic carbocycles. The van der Waals surface area contributed by atoms with Crippen molar-refractivity contribution in [3.8, 4) is 11.5 Å². The van der Waals surface area contributed by atoms with E-state index in [4.69, 9.17) is 15.6 Å². The summed E-state index contributed by atoms with van der Waals surface area (Å²) in [7, 11) is 0. The van der Waals surface area contributed by atoms with Crippen molar-refractivity contribution in [3.05, 3.63) is 23.3 Å². The highest BCUT2D eigenvalue weighted by Crippen LogP contribution is 2.28. The Bertz CT molecular complexity index is 406. The number of phenolic OH excluding ortho intramolecular Hbond substituents is 1. The van der Waals surface area contributed by atoms with Gasteiger partial charge in [-0.25, -0.2) is 0 Å². The summed E-state index contributed by atoms with van der Waals surface area (Å²) in [5.41, 5.74) is 7.39. The van der Waals surface area contributed by atoms with E-state index in [1.54, 1.807) is 6.07 Å². The summed E-state index contributed by atoms with van der Waals surface area (Å²) < 4.78 is 5.27. The van der Waals surface area contributed by atoms with Crippen LogP contribution in [0.1, 0.15) is 24.5 Å². The SMILES string of the molecule is Cc1cc(OCCC(=O)O)cc(O)c1CC(C)N. The van der Waals surface area contributed by atoms with Gasteiger partial charge in [0.15, 0.2) is 0 Å². The molecular formula is C13H19NO4. The number of carboxylic acid groups (broad SMARTS) is 1. The predicted octanol–water partition coefficient (Wildman–Crippen LogP) is 1.44. The zero-order valence-electron chi connectivity index (χ0n) is 10.6. The van der Waals surface area contributed by atoms with Gasteiger partial charge in [0.1, 0.15) is 11.5 Å². The summed E-state index contributed by atoms with van der Waals surface area (Å²) in [6.45, 7) is 3.82. The molecule has 1 unspecified atom stereocenters. The highest BCUT2D eigenvalue weighted by Gasteiger charge is 2.10. The Hall–Kier alpha value is -1.75. The third-order valence-electron chi connectivity index (χ3n) is 2.53. The molecule has 1 aromatic rings. The summed E-state index contributed by atoms with van der Waals surface area (Å²) in [6.07, 6.45) is 0.522. The van der Waals surface area contributed by atoms with E-state index in [1.165, 1.54) is 6.07 Å². The molecule has 0 saturated carbocycles. The third kappa shape index (κ3) is 4.25. The first kappa shape index (κ1) is 14.3. The van der Waals surface area contributed by atoms with Gasteiger partial charge in [-0.05, 0) is 37.5 Å². The van der Waals surface area contributed by atoms with E-state index >= 15 is 0 Å². The quantitative estimate of drug-likeness (QED) is 0.713. The summed E-state index contributed by atoms with van der Waals surface area (Å²) in [5, 5.41) is 18.4. The molecule has 0 spiro atoms. The molecule has 5 heteroatoms. The monoisotopic (exact) mass is 253 g/mol. The van der Waals surface area contributed by atoms with Crippen molar-refractivity contribution >= 4 is 5.97 Å². The third-order valence-corrected chi connectivity index (χ3v) is 2.53. The van der Waals surface area contributed by atoms with Crippen LogP contribution in [0.4, 0.5) is 0 Å². The largest absolute Gasteiger partial charge is 0.508 e. The van der Waals surface area contributed by atoms with Gasteiger partial charge in [-0.2, -0.15) is 0 Å². The highest BCUT2D eigenvalue weighted by molar-refractivity contribution is 5.66. The van der Waals surface area contributed by atoms with Crippen LogP contribution in [0.3, 0.4) is 0 Å². The minimum absolute atomic E-state index is 0.0339. The second-order valence-electron chi connectivity index (χ2n) is 4.41. The first-order valence-corrected chi connectivity index (χ1v) is 5.82. The number of carboxylic acids is 1. The topological polar surface area (TPSA) is 92.8 Å². The van der Waals surface area contributed by atoms with Gasteiger partial charge in [0.2, 0.25) is 0 Å². The van der Waals surface area contributed by atoms with Gasteiger partial charge < -0.3 is 20.7 Å². The molecule has 5 nitrogen and oxygen atoms in total. The van der Waals surface area contributed by atoms with Crippen molar-refractivity contribution in [3.63, 3.8) is 0 Å². The van der Waals surface area contributed by atoms with E-state index in [0.29, 0.717) is 12.2 Å². The normalized spacial score (nSPS) is 12.2. The van der Waals surface area contributed by atoms with E-state index in [1.807, 2.05) is 13.8 Å². The average molecular weight is 253 g/mol. The Kier molecular flexibility index (Phi) is 4.97. The van der Waals surface area contributed by atoms with Crippen LogP contribution in [0.15, 0.2) is 12.1 Å². The summed E-state index contributed by atoms with van der Waals surface area (Å²) in [5.74, 6) is -0.304. The number of phenols is 1. The van der Waals surface area contributed by atoms with Crippen LogP contribution in [0.25, 0.3) is 0 Å². The van der Waals surface area contributed by atoms with Crippen LogP contribution >= 0.6 is 0 Å².